The first kappa shape index (κ1) is 31.0. The average molecular weight is 490 g/mol. The number of hydrogen-bond acceptors (Lipinski definition) is 3. The number of rotatable bonds is 23. The lowest BCUT2D eigenvalue weighted by Crippen LogP contribution is -2.14. The molecule has 1 rings (SSSR count). The summed E-state index contributed by atoms with van der Waals surface area (Å²) in [7, 11) is 0. The molecule has 35 heavy (non-hydrogen) atoms. The molecule has 0 aliphatic carbocycles. The van der Waals surface area contributed by atoms with Crippen LogP contribution in [0.3, 0.4) is 0 Å². The molecule has 5 nitrogen and oxygen atoms in total. The number of carboxylic acids is 2. The molecule has 1 aromatic carbocycles. The highest BCUT2D eigenvalue weighted by Gasteiger charge is 2.15. The van der Waals surface area contributed by atoms with Crippen LogP contribution in [0.2, 0.25) is 0 Å². The first-order chi connectivity index (χ1) is 17.0. The van der Waals surface area contributed by atoms with Crippen LogP contribution in [0.25, 0.3) is 0 Å². The predicted molar refractivity (Wildman–Crippen MR) is 147 cm³/mol. The Hall–Kier alpha value is -2.04. The van der Waals surface area contributed by atoms with Crippen LogP contribution >= 0.6 is 0 Å². The first-order valence-corrected chi connectivity index (χ1v) is 14.3. The largest absolute Gasteiger partial charge is 0.481 e. The van der Waals surface area contributed by atoms with Gasteiger partial charge in [0.05, 0.1) is 6.42 Å². The summed E-state index contributed by atoms with van der Waals surface area (Å²) >= 11 is 0. The minimum atomic E-state index is -0.895. The van der Waals surface area contributed by atoms with E-state index in [0.717, 1.165) is 60.9 Å². The molecule has 0 unspecified atom stereocenters. The number of carbonyl (C=O) groups is 2. The standard InChI is InChI=1S/C30H51NO4/c1-3-5-7-9-11-13-15-17-19-25-21-27(31-24-30(34)35)22-26(28(25)23-29(32)33)20-18-16-14-12-10-8-6-4-2/h21-22,31H,3-20,23-24H2,1-2H3,(H,32,33)(H,34,35). The van der Waals surface area contributed by atoms with E-state index in [4.69, 9.17) is 5.11 Å². The lowest BCUT2D eigenvalue weighted by atomic mass is 9.90. The summed E-state index contributed by atoms with van der Waals surface area (Å²) < 4.78 is 0. The third-order valence-electron chi connectivity index (χ3n) is 6.81. The Bertz CT molecular complexity index is 675. The van der Waals surface area contributed by atoms with Gasteiger partial charge in [0.15, 0.2) is 0 Å². The highest BCUT2D eigenvalue weighted by Crippen LogP contribution is 2.26. The molecule has 200 valence electrons. The maximum Gasteiger partial charge on any atom is 0.322 e. The maximum atomic E-state index is 11.7. The fourth-order valence-electron chi connectivity index (χ4n) is 4.80. The quantitative estimate of drug-likeness (QED) is 0.135. The van der Waals surface area contributed by atoms with Gasteiger partial charge >= 0.3 is 11.9 Å². The zero-order chi connectivity index (χ0) is 25.7. The molecular weight excluding hydrogens is 438 g/mol. The van der Waals surface area contributed by atoms with Gasteiger partial charge in [-0.3, -0.25) is 9.59 Å². The molecule has 0 amide bonds. The summed E-state index contributed by atoms with van der Waals surface area (Å²) in [4.78, 5) is 22.8. The van der Waals surface area contributed by atoms with E-state index in [1.165, 1.54) is 77.0 Å². The Morgan fingerprint density at radius 2 is 1.03 bits per heavy atom. The van der Waals surface area contributed by atoms with E-state index >= 15 is 0 Å². The molecule has 0 bridgehead atoms. The van der Waals surface area contributed by atoms with Gasteiger partial charge in [0.2, 0.25) is 0 Å². The number of anilines is 1. The van der Waals surface area contributed by atoms with Crippen LogP contribution in [-0.2, 0) is 28.9 Å². The van der Waals surface area contributed by atoms with Crippen LogP contribution in [0.15, 0.2) is 12.1 Å². The van der Waals surface area contributed by atoms with Gasteiger partial charge in [-0.1, -0.05) is 104 Å². The summed E-state index contributed by atoms with van der Waals surface area (Å²) in [6.07, 6.45) is 21.5. The minimum Gasteiger partial charge on any atom is -0.481 e. The van der Waals surface area contributed by atoms with Crippen LogP contribution in [0.4, 0.5) is 5.69 Å². The van der Waals surface area contributed by atoms with E-state index < -0.39 is 11.9 Å². The molecule has 0 saturated heterocycles. The van der Waals surface area contributed by atoms with Crippen molar-refractivity contribution in [3.63, 3.8) is 0 Å². The zero-order valence-corrected chi connectivity index (χ0v) is 22.5. The molecule has 0 saturated carbocycles. The van der Waals surface area contributed by atoms with Crippen molar-refractivity contribution in [2.75, 3.05) is 11.9 Å². The highest BCUT2D eigenvalue weighted by molar-refractivity contribution is 5.74. The summed E-state index contributed by atoms with van der Waals surface area (Å²) in [5.74, 6) is -1.69. The molecule has 0 aromatic heterocycles. The Morgan fingerprint density at radius 1 is 0.629 bits per heavy atom. The summed E-state index contributed by atoms with van der Waals surface area (Å²) in [5, 5.41) is 21.7. The van der Waals surface area contributed by atoms with Crippen LogP contribution in [0.5, 0.6) is 0 Å². The van der Waals surface area contributed by atoms with Crippen molar-refractivity contribution in [2.45, 2.75) is 136 Å². The lowest BCUT2D eigenvalue weighted by Gasteiger charge is -2.17. The Morgan fingerprint density at radius 3 is 1.40 bits per heavy atom. The fraction of sp³-hybridized carbons (Fsp3) is 0.733. The second-order valence-electron chi connectivity index (χ2n) is 10.0. The third-order valence-corrected chi connectivity index (χ3v) is 6.81. The van der Waals surface area contributed by atoms with Crippen molar-refractivity contribution >= 4 is 17.6 Å². The molecule has 0 fully saturated rings. The smallest absolute Gasteiger partial charge is 0.322 e. The molecule has 5 heteroatoms. The molecular formula is C30H51NO4. The molecule has 0 aliphatic rings. The SMILES string of the molecule is CCCCCCCCCCc1cc(NCC(=O)O)cc(CCCCCCCCCC)c1CC(=O)O. The minimum absolute atomic E-state index is 0.0396. The summed E-state index contributed by atoms with van der Waals surface area (Å²) in [6, 6.07) is 3.97. The molecule has 0 heterocycles. The number of hydrogen-bond donors (Lipinski definition) is 3. The molecule has 0 radical (unpaired) electrons. The molecule has 0 atom stereocenters. The van der Waals surface area contributed by atoms with E-state index in [2.05, 4.69) is 19.2 Å². The van der Waals surface area contributed by atoms with Crippen LogP contribution in [-0.4, -0.2) is 28.7 Å². The second-order valence-corrected chi connectivity index (χ2v) is 10.0. The number of aryl methyl sites for hydroxylation is 2. The van der Waals surface area contributed by atoms with Crippen molar-refractivity contribution < 1.29 is 19.8 Å². The van der Waals surface area contributed by atoms with Gasteiger partial charge in [-0.2, -0.15) is 0 Å². The van der Waals surface area contributed by atoms with Crippen LogP contribution < -0.4 is 5.32 Å². The van der Waals surface area contributed by atoms with Gasteiger partial charge in [-0.15, -0.1) is 0 Å². The fourth-order valence-corrected chi connectivity index (χ4v) is 4.80. The topological polar surface area (TPSA) is 86.6 Å². The summed E-state index contributed by atoms with van der Waals surface area (Å²) in [6.45, 7) is 4.33. The number of benzene rings is 1. The van der Waals surface area contributed by atoms with Crippen LogP contribution in [0, 0.1) is 0 Å². The number of nitrogens with one attached hydrogen (secondary N) is 1. The monoisotopic (exact) mass is 489 g/mol. The molecule has 0 spiro atoms. The Kier molecular flexibility index (Phi) is 17.9. The molecule has 3 N–H and O–H groups in total. The third kappa shape index (κ3) is 15.5. The second kappa shape index (κ2) is 20.2. The predicted octanol–water partition coefficient (Wildman–Crippen LogP) is 8.18. The highest BCUT2D eigenvalue weighted by atomic mass is 16.4. The van der Waals surface area contributed by atoms with Crippen molar-refractivity contribution in [1.29, 1.82) is 0 Å². The van der Waals surface area contributed by atoms with E-state index in [-0.39, 0.29) is 13.0 Å². The first-order valence-electron chi connectivity index (χ1n) is 14.3. The van der Waals surface area contributed by atoms with Crippen LogP contribution in [0.1, 0.15) is 133 Å². The lowest BCUT2D eigenvalue weighted by molar-refractivity contribution is -0.136. The van der Waals surface area contributed by atoms with E-state index in [1.807, 2.05) is 12.1 Å². The van der Waals surface area contributed by atoms with Crippen molar-refractivity contribution in [2.24, 2.45) is 0 Å². The van der Waals surface area contributed by atoms with E-state index in [0.29, 0.717) is 0 Å². The van der Waals surface area contributed by atoms with Gasteiger partial charge in [-0.05, 0) is 54.5 Å². The zero-order valence-electron chi connectivity index (χ0n) is 22.5. The molecule has 0 aliphatic heterocycles. The number of aliphatic carboxylic acids is 2. The maximum absolute atomic E-state index is 11.7. The molecule has 1 aromatic rings. The Labute approximate surface area is 214 Å². The normalized spacial score (nSPS) is 11.0. The van der Waals surface area contributed by atoms with E-state index in [9.17, 15) is 14.7 Å². The van der Waals surface area contributed by atoms with Gasteiger partial charge in [-0.25, -0.2) is 0 Å². The average Bonchev–Trinajstić information content (AvgIpc) is 2.82. The van der Waals surface area contributed by atoms with Crippen molar-refractivity contribution in [1.82, 2.24) is 0 Å². The van der Waals surface area contributed by atoms with Crippen molar-refractivity contribution in [3.8, 4) is 0 Å². The van der Waals surface area contributed by atoms with Gasteiger partial charge < -0.3 is 15.5 Å². The number of unbranched alkanes of at least 4 members (excludes halogenated alkanes) is 14. The number of carboxylic acid groups (broad SMARTS) is 2. The van der Waals surface area contributed by atoms with Crippen molar-refractivity contribution in [3.05, 3.63) is 28.8 Å². The van der Waals surface area contributed by atoms with E-state index in [1.54, 1.807) is 0 Å². The summed E-state index contributed by atoms with van der Waals surface area (Å²) in [5.41, 5.74) is 3.89. The van der Waals surface area contributed by atoms with Gasteiger partial charge in [0, 0.05) is 5.69 Å². The Balaban J connectivity index is 2.77. The van der Waals surface area contributed by atoms with Gasteiger partial charge in [0.25, 0.3) is 0 Å². The van der Waals surface area contributed by atoms with Gasteiger partial charge in [0.1, 0.15) is 6.54 Å².